The van der Waals surface area contributed by atoms with Crippen LogP contribution in [0.15, 0.2) is 36.0 Å². The second kappa shape index (κ2) is 4.54. The lowest BCUT2D eigenvalue weighted by atomic mass is 10.1. The minimum absolute atomic E-state index is 0.310. The molecule has 0 aromatic heterocycles. The molecule has 0 heterocycles. The number of carbonyl (C=O) groups excluding carboxylic acids is 1. The predicted molar refractivity (Wildman–Crippen MR) is 47.6 cm³/mol. The molecule has 1 aliphatic carbocycles. The van der Waals surface area contributed by atoms with Crippen molar-refractivity contribution in [3.63, 3.8) is 0 Å². The van der Waals surface area contributed by atoms with E-state index in [1.54, 1.807) is 6.08 Å². The summed E-state index contributed by atoms with van der Waals surface area (Å²) >= 11 is 0. The molecule has 1 aliphatic rings. The average Bonchev–Trinajstić information content (AvgIpc) is 2.16. The molecule has 0 spiro atoms. The molecule has 0 aromatic carbocycles. The fourth-order valence-electron chi connectivity index (χ4n) is 0.990. The fraction of sp³-hybridized carbons (Fsp3) is 0.300. The van der Waals surface area contributed by atoms with Crippen LogP contribution in [-0.4, -0.2) is 13.1 Å². The molecule has 0 unspecified atom stereocenters. The topological polar surface area (TPSA) is 26.3 Å². The van der Waals surface area contributed by atoms with Crippen LogP contribution in [0, 0.1) is 0 Å². The van der Waals surface area contributed by atoms with Crippen LogP contribution in [0.5, 0.6) is 0 Å². The van der Waals surface area contributed by atoms with Gasteiger partial charge >= 0.3 is 5.97 Å². The van der Waals surface area contributed by atoms with E-state index >= 15 is 0 Å². The number of ether oxygens (including phenoxy) is 1. The van der Waals surface area contributed by atoms with Crippen molar-refractivity contribution in [2.24, 2.45) is 0 Å². The van der Waals surface area contributed by atoms with Gasteiger partial charge in [0.2, 0.25) is 0 Å². The summed E-state index contributed by atoms with van der Waals surface area (Å²) in [6.07, 6.45) is 11.5. The van der Waals surface area contributed by atoms with Gasteiger partial charge in [0, 0.05) is 6.08 Å². The van der Waals surface area contributed by atoms with Gasteiger partial charge in [-0.2, -0.15) is 0 Å². The molecule has 2 nitrogen and oxygen atoms in total. The lowest BCUT2D eigenvalue weighted by molar-refractivity contribution is -0.134. The number of allylic oxidation sites excluding steroid dienone is 5. The lowest BCUT2D eigenvalue weighted by Gasteiger charge is -1.99. The molecule has 1 rings (SSSR count). The summed E-state index contributed by atoms with van der Waals surface area (Å²) in [5.74, 6) is -0.310. The van der Waals surface area contributed by atoms with Gasteiger partial charge in [0.05, 0.1) is 7.11 Å². The Kier molecular flexibility index (Phi) is 3.33. The van der Waals surface area contributed by atoms with Crippen molar-refractivity contribution in [2.75, 3.05) is 7.11 Å². The maximum Gasteiger partial charge on any atom is 0.330 e. The van der Waals surface area contributed by atoms with Gasteiger partial charge in [-0.05, 0) is 24.5 Å². The molecule has 0 N–H and O–H groups in total. The zero-order valence-electron chi connectivity index (χ0n) is 7.12. The first-order chi connectivity index (χ1) is 5.83. The summed E-state index contributed by atoms with van der Waals surface area (Å²) in [5, 5.41) is 0. The second-order valence-corrected chi connectivity index (χ2v) is 2.54. The molecule has 0 aromatic rings. The van der Waals surface area contributed by atoms with Crippen molar-refractivity contribution in [3.05, 3.63) is 36.0 Å². The molecule has 0 aliphatic heterocycles. The SMILES string of the molecule is COC(=O)/C=C/C1=CCCC=C1. The number of methoxy groups -OCH3 is 1. The van der Waals surface area contributed by atoms with Crippen molar-refractivity contribution >= 4 is 5.97 Å². The summed E-state index contributed by atoms with van der Waals surface area (Å²) in [4.78, 5) is 10.7. The standard InChI is InChI=1S/C10H12O2/c1-12-10(11)8-7-9-5-3-2-4-6-9/h3,5-8H,2,4H2,1H3/b8-7+. The van der Waals surface area contributed by atoms with Crippen molar-refractivity contribution < 1.29 is 9.53 Å². The number of hydrogen-bond donors (Lipinski definition) is 0. The molecule has 12 heavy (non-hydrogen) atoms. The van der Waals surface area contributed by atoms with Crippen LogP contribution in [-0.2, 0) is 9.53 Å². The van der Waals surface area contributed by atoms with Gasteiger partial charge in [-0.3, -0.25) is 0 Å². The lowest BCUT2D eigenvalue weighted by Crippen LogP contribution is -1.94. The summed E-state index contributed by atoms with van der Waals surface area (Å²) in [6, 6.07) is 0. The highest BCUT2D eigenvalue weighted by Gasteiger charge is 1.94. The maximum absolute atomic E-state index is 10.7. The van der Waals surface area contributed by atoms with Crippen LogP contribution < -0.4 is 0 Å². The van der Waals surface area contributed by atoms with E-state index in [0.29, 0.717) is 0 Å². The highest BCUT2D eigenvalue weighted by Crippen LogP contribution is 2.10. The normalized spacial score (nSPS) is 16.2. The van der Waals surface area contributed by atoms with Crippen molar-refractivity contribution in [1.29, 1.82) is 0 Å². The molecule has 2 heteroatoms. The second-order valence-electron chi connectivity index (χ2n) is 2.54. The molecule has 0 saturated carbocycles. The van der Waals surface area contributed by atoms with Crippen LogP contribution in [0.4, 0.5) is 0 Å². The molecule has 0 radical (unpaired) electrons. The number of rotatable bonds is 2. The Bertz CT molecular complexity index is 247. The van der Waals surface area contributed by atoms with E-state index in [1.165, 1.54) is 13.2 Å². The maximum atomic E-state index is 10.7. The van der Waals surface area contributed by atoms with Gasteiger partial charge in [-0.1, -0.05) is 18.2 Å². The van der Waals surface area contributed by atoms with Crippen molar-refractivity contribution in [2.45, 2.75) is 12.8 Å². The molecule has 0 fully saturated rings. The van der Waals surface area contributed by atoms with Crippen LogP contribution in [0.25, 0.3) is 0 Å². The van der Waals surface area contributed by atoms with Gasteiger partial charge in [0.25, 0.3) is 0 Å². The summed E-state index contributed by atoms with van der Waals surface area (Å²) < 4.78 is 4.46. The number of esters is 1. The van der Waals surface area contributed by atoms with Crippen LogP contribution in [0.1, 0.15) is 12.8 Å². The van der Waals surface area contributed by atoms with Gasteiger partial charge < -0.3 is 4.74 Å². The Morgan fingerprint density at radius 3 is 3.00 bits per heavy atom. The fourth-order valence-corrected chi connectivity index (χ4v) is 0.990. The predicted octanol–water partition coefficient (Wildman–Crippen LogP) is 1.99. The van der Waals surface area contributed by atoms with E-state index in [-0.39, 0.29) is 5.97 Å². The minimum Gasteiger partial charge on any atom is -0.466 e. The third kappa shape index (κ3) is 2.74. The Balaban J connectivity index is 2.50. The van der Waals surface area contributed by atoms with E-state index in [2.05, 4.69) is 16.9 Å². The van der Waals surface area contributed by atoms with Crippen molar-refractivity contribution in [1.82, 2.24) is 0 Å². The highest BCUT2D eigenvalue weighted by molar-refractivity contribution is 5.82. The van der Waals surface area contributed by atoms with E-state index in [0.717, 1.165) is 18.4 Å². The van der Waals surface area contributed by atoms with Gasteiger partial charge in [-0.25, -0.2) is 4.79 Å². The van der Waals surface area contributed by atoms with E-state index in [1.807, 2.05) is 6.08 Å². The molecular formula is C10H12O2. The van der Waals surface area contributed by atoms with Gasteiger partial charge in [-0.15, -0.1) is 0 Å². The zero-order chi connectivity index (χ0) is 8.81. The Hall–Kier alpha value is -1.31. The van der Waals surface area contributed by atoms with Crippen LogP contribution in [0.3, 0.4) is 0 Å². The molecule has 0 saturated heterocycles. The largest absolute Gasteiger partial charge is 0.466 e. The van der Waals surface area contributed by atoms with E-state index in [9.17, 15) is 4.79 Å². The van der Waals surface area contributed by atoms with Crippen LogP contribution in [0.2, 0.25) is 0 Å². The monoisotopic (exact) mass is 164 g/mol. The third-order valence-corrected chi connectivity index (χ3v) is 1.64. The Morgan fingerprint density at radius 1 is 1.58 bits per heavy atom. The number of carbonyl (C=O) groups is 1. The summed E-state index contributed by atoms with van der Waals surface area (Å²) in [7, 11) is 1.37. The smallest absolute Gasteiger partial charge is 0.330 e. The van der Waals surface area contributed by atoms with E-state index < -0.39 is 0 Å². The molecule has 0 bridgehead atoms. The molecule has 64 valence electrons. The first kappa shape index (κ1) is 8.78. The minimum atomic E-state index is -0.310. The molecule has 0 atom stereocenters. The summed E-state index contributed by atoms with van der Waals surface area (Å²) in [5.41, 5.74) is 1.08. The third-order valence-electron chi connectivity index (χ3n) is 1.64. The zero-order valence-corrected chi connectivity index (χ0v) is 7.12. The Morgan fingerprint density at radius 2 is 2.42 bits per heavy atom. The van der Waals surface area contributed by atoms with Crippen LogP contribution >= 0.6 is 0 Å². The average molecular weight is 164 g/mol. The quantitative estimate of drug-likeness (QED) is 0.461. The summed E-state index contributed by atoms with van der Waals surface area (Å²) in [6.45, 7) is 0. The number of hydrogen-bond acceptors (Lipinski definition) is 2. The van der Waals surface area contributed by atoms with Gasteiger partial charge in [0.1, 0.15) is 0 Å². The first-order valence-electron chi connectivity index (χ1n) is 3.95. The highest BCUT2D eigenvalue weighted by atomic mass is 16.5. The molecular weight excluding hydrogens is 152 g/mol. The Labute approximate surface area is 72.2 Å². The molecule has 0 amide bonds. The van der Waals surface area contributed by atoms with Crippen molar-refractivity contribution in [3.8, 4) is 0 Å². The van der Waals surface area contributed by atoms with E-state index in [4.69, 9.17) is 0 Å². The first-order valence-corrected chi connectivity index (χ1v) is 3.95. The van der Waals surface area contributed by atoms with Gasteiger partial charge in [0.15, 0.2) is 0 Å².